The zero-order chi connectivity index (χ0) is 45.8. The van der Waals surface area contributed by atoms with Gasteiger partial charge in [-0.25, -0.2) is 0 Å². The fraction of sp³-hybridized carbons (Fsp3) is 0.200. The van der Waals surface area contributed by atoms with Crippen LogP contribution in [0.25, 0.3) is 88.0 Å². The Hall–Kier alpha value is -7.10. The number of hydrogen-bond acceptors (Lipinski definition) is 0. The van der Waals surface area contributed by atoms with Crippen molar-refractivity contribution in [1.82, 2.24) is 9.13 Å². The molecule has 9 aromatic carbocycles. The van der Waals surface area contributed by atoms with Crippen LogP contribution in [0.1, 0.15) is 124 Å². The molecule has 0 saturated heterocycles. The van der Waals surface area contributed by atoms with Crippen molar-refractivity contribution in [2.75, 3.05) is 0 Å². The van der Waals surface area contributed by atoms with Crippen LogP contribution in [-0.4, -0.2) is 15.8 Å². The number of rotatable bonds is 5. The van der Waals surface area contributed by atoms with Gasteiger partial charge in [0, 0.05) is 43.8 Å². The van der Waals surface area contributed by atoms with Crippen molar-refractivity contribution >= 4 is 77.5 Å². The van der Waals surface area contributed by atoms with Crippen LogP contribution in [0.3, 0.4) is 0 Å². The molecule has 0 amide bonds. The summed E-state index contributed by atoms with van der Waals surface area (Å²) in [6.45, 7) is 19.0. The van der Waals surface area contributed by atoms with E-state index in [0.717, 1.165) is 0 Å². The Morgan fingerprint density at radius 2 is 0.926 bits per heavy atom. The molecule has 68 heavy (non-hydrogen) atoms. The quantitative estimate of drug-likeness (QED) is 0.153. The first kappa shape index (κ1) is 39.0. The van der Waals surface area contributed by atoms with E-state index in [1.807, 2.05) is 0 Å². The predicted octanol–water partition coefficient (Wildman–Crippen LogP) is 15.0. The molecule has 4 aliphatic rings. The highest BCUT2D eigenvalue weighted by molar-refractivity contribution is 7.00. The highest BCUT2D eigenvalue weighted by atomic mass is 15.1. The Kier molecular flexibility index (Phi) is 7.51. The van der Waals surface area contributed by atoms with Crippen molar-refractivity contribution < 1.29 is 0 Å². The van der Waals surface area contributed by atoms with Crippen LogP contribution < -0.4 is 16.4 Å². The van der Waals surface area contributed by atoms with Gasteiger partial charge in [-0.15, -0.1) is 0 Å². The zero-order valence-electron chi connectivity index (χ0n) is 40.2. The fourth-order valence-electron chi connectivity index (χ4n) is 13.9. The normalized spacial score (nSPS) is 14.5. The lowest BCUT2D eigenvalue weighted by atomic mass is 9.33. The maximum atomic E-state index is 2.80. The number of nitrogens with zero attached hydrogens (tertiary/aromatic N) is 2. The summed E-state index contributed by atoms with van der Waals surface area (Å²) in [6.07, 6.45) is 0. The molecule has 5 heterocycles. The molecule has 3 aliphatic heterocycles. The van der Waals surface area contributed by atoms with E-state index in [1.54, 1.807) is 0 Å². The summed E-state index contributed by atoms with van der Waals surface area (Å²) < 4.78 is 5.53. The van der Waals surface area contributed by atoms with E-state index in [0.29, 0.717) is 23.7 Å². The molecule has 0 saturated carbocycles. The van der Waals surface area contributed by atoms with Crippen molar-refractivity contribution in [2.45, 2.75) is 84.5 Å². The van der Waals surface area contributed by atoms with E-state index in [-0.39, 0.29) is 6.71 Å². The van der Waals surface area contributed by atoms with Gasteiger partial charge in [-0.05, 0) is 154 Å². The average Bonchev–Trinajstić information content (AvgIpc) is 3.97. The first-order chi connectivity index (χ1) is 33.0. The lowest BCUT2D eigenvalue weighted by Gasteiger charge is -2.45. The van der Waals surface area contributed by atoms with Gasteiger partial charge in [-0.2, -0.15) is 0 Å². The van der Waals surface area contributed by atoms with Gasteiger partial charge in [0.15, 0.2) is 0 Å². The Morgan fingerprint density at radius 3 is 1.57 bits per heavy atom. The van der Waals surface area contributed by atoms with E-state index in [2.05, 4.69) is 216 Å². The Morgan fingerprint density at radius 1 is 0.382 bits per heavy atom. The lowest BCUT2D eigenvalue weighted by Crippen LogP contribution is -2.61. The highest BCUT2D eigenvalue weighted by Crippen LogP contribution is 2.62. The van der Waals surface area contributed by atoms with Gasteiger partial charge in [-0.1, -0.05) is 165 Å². The standard InChI is InChI=1S/C65H53BN2/c1-34(2)39-23-24-58-48(26-39)49-28-43(36(5)6)31-56-61(49)67(58)63-47(41-22-21-38-15-9-10-16-40(38)25-41)33-55-64-59(63)66(56)57-32-44(37(7)8)29-51-50-27-42(35(3)4)30-54(60(50)68(64)62(51)57)65(55)52-19-13-11-17-45(52)46-18-12-14-20-53(46)65/h9-37H,1-8H3. The molecule has 0 atom stereocenters. The van der Waals surface area contributed by atoms with Crippen LogP contribution >= 0.6 is 0 Å². The second-order valence-electron chi connectivity index (χ2n) is 22.0. The van der Waals surface area contributed by atoms with E-state index in [4.69, 9.17) is 0 Å². The van der Waals surface area contributed by atoms with Crippen LogP contribution in [-0.2, 0) is 5.41 Å². The maximum Gasteiger partial charge on any atom is 0.252 e. The Labute approximate surface area is 399 Å². The van der Waals surface area contributed by atoms with E-state index < -0.39 is 5.41 Å². The molecule has 15 rings (SSSR count). The summed E-state index contributed by atoms with van der Waals surface area (Å²) >= 11 is 0. The molecule has 0 fully saturated rings. The summed E-state index contributed by atoms with van der Waals surface area (Å²) in [7, 11) is 0. The van der Waals surface area contributed by atoms with Crippen molar-refractivity contribution in [3.05, 3.63) is 196 Å². The minimum Gasteiger partial charge on any atom is -0.310 e. The fourth-order valence-corrected chi connectivity index (χ4v) is 13.9. The average molecular weight is 873 g/mol. The van der Waals surface area contributed by atoms with Crippen LogP contribution in [0.4, 0.5) is 0 Å². The van der Waals surface area contributed by atoms with Crippen LogP contribution in [0.2, 0.25) is 0 Å². The predicted molar refractivity (Wildman–Crippen MR) is 290 cm³/mol. The Balaban J connectivity index is 1.25. The molecule has 1 spiro atoms. The van der Waals surface area contributed by atoms with Crippen LogP contribution in [0.5, 0.6) is 0 Å². The van der Waals surface area contributed by atoms with Gasteiger partial charge in [0.05, 0.1) is 22.1 Å². The van der Waals surface area contributed by atoms with Gasteiger partial charge in [0.25, 0.3) is 6.71 Å². The third kappa shape index (κ3) is 4.57. The zero-order valence-corrected chi connectivity index (χ0v) is 40.2. The third-order valence-corrected chi connectivity index (χ3v) is 17.1. The number of aromatic nitrogens is 2. The summed E-state index contributed by atoms with van der Waals surface area (Å²) in [5.41, 5.74) is 28.3. The van der Waals surface area contributed by atoms with Gasteiger partial charge < -0.3 is 9.13 Å². The highest BCUT2D eigenvalue weighted by Gasteiger charge is 2.55. The maximum absolute atomic E-state index is 2.80. The molecular formula is C65H53BN2. The largest absolute Gasteiger partial charge is 0.310 e. The smallest absolute Gasteiger partial charge is 0.252 e. The molecule has 11 aromatic rings. The molecule has 2 aromatic heterocycles. The number of hydrogen-bond donors (Lipinski definition) is 0. The minimum atomic E-state index is -0.570. The molecular weight excluding hydrogens is 820 g/mol. The van der Waals surface area contributed by atoms with Crippen molar-refractivity contribution in [1.29, 1.82) is 0 Å². The first-order valence-corrected chi connectivity index (χ1v) is 25.2. The summed E-state index contributed by atoms with van der Waals surface area (Å²) in [5, 5.41) is 8.03. The molecule has 0 N–H and O–H groups in total. The van der Waals surface area contributed by atoms with Gasteiger partial charge in [0.2, 0.25) is 0 Å². The minimum absolute atomic E-state index is 0.00908. The first-order valence-electron chi connectivity index (χ1n) is 25.2. The van der Waals surface area contributed by atoms with Crippen molar-refractivity contribution in [3.8, 4) is 33.6 Å². The molecule has 326 valence electrons. The second-order valence-corrected chi connectivity index (χ2v) is 22.0. The molecule has 0 bridgehead atoms. The molecule has 1 aliphatic carbocycles. The molecule has 3 heteroatoms. The van der Waals surface area contributed by atoms with Crippen molar-refractivity contribution in [3.63, 3.8) is 0 Å². The van der Waals surface area contributed by atoms with Gasteiger partial charge >= 0.3 is 0 Å². The second kappa shape index (κ2) is 13.1. The van der Waals surface area contributed by atoms with Crippen LogP contribution in [0.15, 0.2) is 152 Å². The Bertz CT molecular complexity index is 4070. The van der Waals surface area contributed by atoms with Gasteiger partial charge in [0.1, 0.15) is 0 Å². The van der Waals surface area contributed by atoms with Gasteiger partial charge in [-0.3, -0.25) is 0 Å². The molecule has 0 unspecified atom stereocenters. The number of benzene rings is 9. The summed E-state index contributed by atoms with van der Waals surface area (Å²) in [4.78, 5) is 0. The SMILES string of the molecule is CC(C)c1ccc2c(c1)c1cc(C(C)C)cc3c1n2-c1c(-c2ccc4ccccc4c2)cc2c4c1B3c1cc(C(C)C)cc3c5cc(C(C)C)cc(c5n-4c13)C21c2ccccc2-c2ccccc21. The lowest BCUT2D eigenvalue weighted by molar-refractivity contribution is 0.744. The number of fused-ring (bicyclic) bond motifs is 15. The van der Waals surface area contributed by atoms with E-state index in [1.165, 1.54) is 149 Å². The molecule has 2 nitrogen and oxygen atoms in total. The summed E-state index contributed by atoms with van der Waals surface area (Å²) in [6, 6.07) is 60.6. The third-order valence-electron chi connectivity index (χ3n) is 17.1. The van der Waals surface area contributed by atoms with E-state index >= 15 is 0 Å². The van der Waals surface area contributed by atoms with Crippen molar-refractivity contribution in [2.24, 2.45) is 0 Å². The van der Waals surface area contributed by atoms with Crippen LogP contribution in [0, 0.1) is 0 Å². The topological polar surface area (TPSA) is 9.86 Å². The monoisotopic (exact) mass is 872 g/mol. The molecule has 0 radical (unpaired) electrons. The van der Waals surface area contributed by atoms with E-state index in [9.17, 15) is 0 Å². The summed E-state index contributed by atoms with van der Waals surface area (Å²) in [5.74, 6) is 1.49.